The molecule has 0 saturated heterocycles. The van der Waals surface area contributed by atoms with Crippen LogP contribution in [0.25, 0.3) is 0 Å². The topological polar surface area (TPSA) is 57.6 Å². The van der Waals surface area contributed by atoms with E-state index in [0.717, 1.165) is 5.75 Å². The molecule has 2 unspecified atom stereocenters. The molecule has 0 aromatic carbocycles. The van der Waals surface area contributed by atoms with Gasteiger partial charge in [0.05, 0.1) is 11.8 Å². The minimum absolute atomic E-state index is 0.0357. The van der Waals surface area contributed by atoms with Gasteiger partial charge in [-0.25, -0.2) is 0 Å². The van der Waals surface area contributed by atoms with E-state index in [-0.39, 0.29) is 11.8 Å². The summed E-state index contributed by atoms with van der Waals surface area (Å²) in [5.74, 6) is -0.880. The predicted molar refractivity (Wildman–Crippen MR) is 64.4 cm³/mol. The lowest BCUT2D eigenvalue weighted by Crippen LogP contribution is -2.31. The highest BCUT2D eigenvalue weighted by molar-refractivity contribution is 7.98. The second-order valence-corrected chi connectivity index (χ2v) is 5.85. The van der Waals surface area contributed by atoms with Gasteiger partial charge in [-0.15, -0.1) is 0 Å². The van der Waals surface area contributed by atoms with Gasteiger partial charge in [-0.2, -0.15) is 11.8 Å². The van der Waals surface area contributed by atoms with Gasteiger partial charge in [0.1, 0.15) is 0 Å². The van der Waals surface area contributed by atoms with Gasteiger partial charge in [0, 0.05) is 19.3 Å². The lowest BCUT2D eigenvalue weighted by Gasteiger charge is -2.17. The number of nitrogens with zero attached hydrogens (tertiary/aromatic N) is 1. The molecule has 1 aliphatic carbocycles. The third-order valence-corrected chi connectivity index (χ3v) is 3.96. The summed E-state index contributed by atoms with van der Waals surface area (Å²) in [6.07, 6.45) is 1.99. The molecule has 0 aromatic heterocycles. The Hall–Kier alpha value is -0.710. The van der Waals surface area contributed by atoms with Crippen molar-refractivity contribution in [2.75, 3.05) is 25.6 Å². The van der Waals surface area contributed by atoms with Gasteiger partial charge in [0.25, 0.3) is 0 Å². The minimum atomic E-state index is -0.860. The number of aliphatic carboxylic acids is 1. The molecular formula is C11H19NO3S. The molecule has 1 fully saturated rings. The zero-order chi connectivity index (χ0) is 12.5. The molecule has 4 nitrogen and oxygen atoms in total. The van der Waals surface area contributed by atoms with Gasteiger partial charge in [0.15, 0.2) is 0 Å². The maximum Gasteiger partial charge on any atom is 0.307 e. The van der Waals surface area contributed by atoms with Crippen molar-refractivity contribution < 1.29 is 14.7 Å². The average Bonchev–Trinajstić information content (AvgIpc) is 2.76. The molecule has 0 radical (unpaired) electrons. The van der Waals surface area contributed by atoms with E-state index in [0.29, 0.717) is 6.54 Å². The van der Waals surface area contributed by atoms with Crippen molar-refractivity contribution in [3.63, 3.8) is 0 Å². The molecular weight excluding hydrogens is 226 g/mol. The summed E-state index contributed by atoms with van der Waals surface area (Å²) in [5.41, 5.74) is -0.392. The molecule has 1 amide bonds. The monoisotopic (exact) mass is 245 g/mol. The van der Waals surface area contributed by atoms with Crippen molar-refractivity contribution in [3.8, 4) is 0 Å². The summed E-state index contributed by atoms with van der Waals surface area (Å²) in [5, 5.41) is 8.99. The highest BCUT2D eigenvalue weighted by Crippen LogP contribution is 2.58. The third kappa shape index (κ3) is 2.34. The van der Waals surface area contributed by atoms with E-state index < -0.39 is 17.3 Å². The number of amides is 1. The highest BCUT2D eigenvalue weighted by atomic mass is 32.2. The molecule has 0 spiro atoms. The maximum absolute atomic E-state index is 12.0. The van der Waals surface area contributed by atoms with Crippen LogP contribution in [-0.2, 0) is 9.59 Å². The fourth-order valence-corrected chi connectivity index (χ4v) is 2.59. The van der Waals surface area contributed by atoms with Gasteiger partial charge in [0.2, 0.25) is 5.91 Å². The van der Waals surface area contributed by atoms with Crippen LogP contribution in [-0.4, -0.2) is 47.5 Å². The Labute approximate surface area is 100 Å². The van der Waals surface area contributed by atoms with Crippen molar-refractivity contribution in [3.05, 3.63) is 0 Å². The molecule has 0 aliphatic heterocycles. The Morgan fingerprint density at radius 2 is 1.94 bits per heavy atom. The summed E-state index contributed by atoms with van der Waals surface area (Å²) in [7, 11) is 1.74. The fraction of sp³-hybridized carbons (Fsp3) is 0.818. The number of rotatable bonds is 5. The molecule has 16 heavy (non-hydrogen) atoms. The molecule has 1 rings (SSSR count). The molecule has 1 N–H and O–H groups in total. The zero-order valence-electron chi connectivity index (χ0n) is 10.2. The third-order valence-electron chi connectivity index (χ3n) is 3.37. The quantitative estimate of drug-likeness (QED) is 0.790. The largest absolute Gasteiger partial charge is 0.481 e. The summed E-state index contributed by atoms with van der Waals surface area (Å²) >= 11 is 1.68. The Bertz CT molecular complexity index is 304. The average molecular weight is 245 g/mol. The normalized spacial score (nSPS) is 26.2. The molecule has 0 bridgehead atoms. The Kier molecular flexibility index (Phi) is 3.88. The fourth-order valence-electron chi connectivity index (χ4n) is 2.14. The summed E-state index contributed by atoms with van der Waals surface area (Å²) in [6, 6.07) is 0. The highest BCUT2D eigenvalue weighted by Gasteiger charge is 2.66. The van der Waals surface area contributed by atoms with Crippen LogP contribution in [0.3, 0.4) is 0 Å². The molecule has 1 aliphatic rings. The summed E-state index contributed by atoms with van der Waals surface area (Å²) in [6.45, 7) is 4.37. The molecule has 5 heteroatoms. The number of carboxylic acids is 1. The number of hydrogen-bond acceptors (Lipinski definition) is 3. The van der Waals surface area contributed by atoms with Crippen molar-refractivity contribution in [2.24, 2.45) is 17.3 Å². The van der Waals surface area contributed by atoms with Crippen molar-refractivity contribution in [1.29, 1.82) is 0 Å². The number of hydrogen-bond donors (Lipinski definition) is 1. The number of carbonyl (C=O) groups excluding carboxylic acids is 1. The van der Waals surface area contributed by atoms with E-state index in [1.807, 2.05) is 20.1 Å². The predicted octanol–water partition coefficient (Wildman–Crippen LogP) is 1.16. The van der Waals surface area contributed by atoms with Crippen LogP contribution in [0.2, 0.25) is 0 Å². The van der Waals surface area contributed by atoms with E-state index in [9.17, 15) is 9.59 Å². The van der Waals surface area contributed by atoms with Crippen LogP contribution in [0, 0.1) is 17.3 Å². The first-order valence-electron chi connectivity index (χ1n) is 5.30. The van der Waals surface area contributed by atoms with Crippen molar-refractivity contribution in [1.82, 2.24) is 4.90 Å². The first-order chi connectivity index (χ1) is 7.34. The summed E-state index contributed by atoms with van der Waals surface area (Å²) in [4.78, 5) is 24.6. The first kappa shape index (κ1) is 13.4. The van der Waals surface area contributed by atoms with E-state index >= 15 is 0 Å². The van der Waals surface area contributed by atoms with Gasteiger partial charge in [-0.05, 0) is 11.7 Å². The van der Waals surface area contributed by atoms with Crippen molar-refractivity contribution >= 4 is 23.6 Å². The van der Waals surface area contributed by atoms with E-state index in [4.69, 9.17) is 5.11 Å². The van der Waals surface area contributed by atoms with Gasteiger partial charge >= 0.3 is 5.97 Å². The van der Waals surface area contributed by atoms with Gasteiger partial charge in [-0.1, -0.05) is 13.8 Å². The first-order valence-corrected chi connectivity index (χ1v) is 6.70. The lowest BCUT2D eigenvalue weighted by molar-refractivity contribution is -0.141. The van der Waals surface area contributed by atoms with Crippen LogP contribution < -0.4 is 0 Å². The van der Waals surface area contributed by atoms with Crippen LogP contribution >= 0.6 is 11.8 Å². The molecule has 2 atom stereocenters. The zero-order valence-corrected chi connectivity index (χ0v) is 11.0. The summed E-state index contributed by atoms with van der Waals surface area (Å²) < 4.78 is 0. The molecule has 0 heterocycles. The van der Waals surface area contributed by atoms with Gasteiger partial charge in [-0.3, -0.25) is 9.59 Å². The van der Waals surface area contributed by atoms with Crippen molar-refractivity contribution in [2.45, 2.75) is 13.8 Å². The van der Waals surface area contributed by atoms with Crippen LogP contribution in [0.1, 0.15) is 13.8 Å². The molecule has 0 aromatic rings. The lowest BCUT2D eigenvalue weighted by atomic mass is 10.1. The van der Waals surface area contributed by atoms with Crippen LogP contribution in [0.15, 0.2) is 0 Å². The number of carboxylic acid groups (broad SMARTS) is 1. The second kappa shape index (κ2) is 4.65. The number of carbonyl (C=O) groups is 2. The van der Waals surface area contributed by atoms with Gasteiger partial charge < -0.3 is 10.0 Å². The van der Waals surface area contributed by atoms with E-state index in [1.165, 1.54) is 0 Å². The van der Waals surface area contributed by atoms with E-state index in [2.05, 4.69) is 0 Å². The smallest absolute Gasteiger partial charge is 0.307 e. The van der Waals surface area contributed by atoms with Crippen LogP contribution in [0.5, 0.6) is 0 Å². The Balaban J connectivity index is 2.60. The molecule has 1 saturated carbocycles. The second-order valence-electron chi connectivity index (χ2n) is 4.87. The Morgan fingerprint density at radius 1 is 1.38 bits per heavy atom. The number of thioether (sulfide) groups is 1. The maximum atomic E-state index is 12.0. The SMILES string of the molecule is CSCCN(C)C(=O)C1C(C(=O)O)C1(C)C. The van der Waals surface area contributed by atoms with Crippen LogP contribution in [0.4, 0.5) is 0 Å². The minimum Gasteiger partial charge on any atom is -0.481 e. The molecule has 92 valence electrons. The van der Waals surface area contributed by atoms with E-state index in [1.54, 1.807) is 23.7 Å². The standard InChI is InChI=1S/C11H19NO3S/c1-11(2)7(8(11)10(14)15)9(13)12(3)5-6-16-4/h7-8H,5-6H2,1-4H3,(H,14,15). The Morgan fingerprint density at radius 3 is 2.31 bits per heavy atom.